The Labute approximate surface area is 105 Å². The maximum Gasteiger partial charge on any atom is 0.219 e. The Bertz CT molecular complexity index is 217. The molecule has 0 aromatic carbocycles. The van der Waals surface area contributed by atoms with E-state index in [1.54, 1.807) is 0 Å². The number of unbranched alkanes of at least 4 members (excludes halogenated alkanes) is 4. The molecule has 0 atom stereocenters. The molecule has 0 unspecified atom stereocenters. The molecule has 0 heterocycles. The van der Waals surface area contributed by atoms with E-state index in [2.05, 4.69) is 17.6 Å². The largest absolute Gasteiger partial charge is 0.356 e. The summed E-state index contributed by atoms with van der Waals surface area (Å²) in [6.07, 6.45) is 6.92. The van der Waals surface area contributed by atoms with E-state index in [1.807, 2.05) is 0 Å². The van der Waals surface area contributed by atoms with Crippen molar-refractivity contribution in [2.24, 2.45) is 0 Å². The highest BCUT2D eigenvalue weighted by Gasteiger charge is 1.99. The third-order valence-electron chi connectivity index (χ3n) is 2.56. The molecule has 0 aromatic rings. The smallest absolute Gasteiger partial charge is 0.219 e. The average Bonchev–Trinajstić information content (AvgIpc) is 2.28. The van der Waals surface area contributed by atoms with Gasteiger partial charge in [-0.05, 0) is 25.7 Å². The molecule has 0 bridgehead atoms. The molecular weight excluding hydrogens is 216 g/mol. The van der Waals surface area contributed by atoms with Crippen LogP contribution >= 0.6 is 0 Å². The van der Waals surface area contributed by atoms with E-state index in [9.17, 15) is 9.59 Å². The van der Waals surface area contributed by atoms with Crippen LogP contribution in [-0.2, 0) is 9.59 Å². The van der Waals surface area contributed by atoms with Gasteiger partial charge in [-0.2, -0.15) is 0 Å². The number of amides is 2. The third-order valence-corrected chi connectivity index (χ3v) is 2.56. The van der Waals surface area contributed by atoms with Crippen LogP contribution in [0, 0.1) is 0 Å². The Hall–Kier alpha value is -1.06. The van der Waals surface area contributed by atoms with Crippen molar-refractivity contribution in [1.82, 2.24) is 10.6 Å². The van der Waals surface area contributed by atoms with E-state index in [0.717, 1.165) is 51.6 Å². The zero-order valence-electron chi connectivity index (χ0n) is 11.2. The minimum absolute atomic E-state index is 0.0224. The van der Waals surface area contributed by atoms with Crippen LogP contribution in [0.2, 0.25) is 0 Å². The van der Waals surface area contributed by atoms with Crippen LogP contribution in [0.3, 0.4) is 0 Å². The molecule has 0 aliphatic heterocycles. The Morgan fingerprint density at radius 2 is 1.53 bits per heavy atom. The zero-order valence-corrected chi connectivity index (χ0v) is 11.2. The van der Waals surface area contributed by atoms with Crippen molar-refractivity contribution in [1.29, 1.82) is 0 Å². The second-order valence-corrected chi connectivity index (χ2v) is 4.35. The Balaban J connectivity index is 3.16. The molecular formula is C13H26N2O2. The number of hydrogen-bond acceptors (Lipinski definition) is 2. The highest BCUT2D eigenvalue weighted by molar-refractivity contribution is 5.75. The minimum atomic E-state index is 0.0224. The summed E-state index contributed by atoms with van der Waals surface area (Å²) in [4.78, 5) is 21.9. The van der Waals surface area contributed by atoms with Crippen molar-refractivity contribution < 1.29 is 9.59 Å². The lowest BCUT2D eigenvalue weighted by Crippen LogP contribution is -2.24. The minimum Gasteiger partial charge on any atom is -0.356 e. The molecule has 0 rings (SSSR count). The molecule has 4 heteroatoms. The molecule has 0 aromatic heterocycles. The second-order valence-electron chi connectivity index (χ2n) is 4.35. The summed E-state index contributed by atoms with van der Waals surface area (Å²) >= 11 is 0. The van der Waals surface area contributed by atoms with E-state index in [0.29, 0.717) is 6.42 Å². The summed E-state index contributed by atoms with van der Waals surface area (Å²) in [5.74, 6) is 0.189. The molecule has 0 spiro atoms. The van der Waals surface area contributed by atoms with Gasteiger partial charge in [-0.1, -0.05) is 19.8 Å². The van der Waals surface area contributed by atoms with Crippen molar-refractivity contribution >= 4 is 11.8 Å². The fourth-order valence-electron chi connectivity index (χ4n) is 1.54. The average molecular weight is 242 g/mol. The van der Waals surface area contributed by atoms with Crippen LogP contribution in [0.15, 0.2) is 0 Å². The molecule has 17 heavy (non-hydrogen) atoms. The van der Waals surface area contributed by atoms with E-state index < -0.39 is 0 Å². The van der Waals surface area contributed by atoms with Crippen LogP contribution in [-0.4, -0.2) is 24.9 Å². The van der Waals surface area contributed by atoms with Gasteiger partial charge in [-0.25, -0.2) is 0 Å². The molecule has 0 aliphatic rings. The number of carbonyl (C=O) groups is 2. The molecule has 0 saturated carbocycles. The van der Waals surface area contributed by atoms with Gasteiger partial charge < -0.3 is 10.6 Å². The molecule has 0 aliphatic carbocycles. The summed E-state index contributed by atoms with van der Waals surface area (Å²) in [6.45, 7) is 5.15. The quantitative estimate of drug-likeness (QED) is 0.576. The van der Waals surface area contributed by atoms with E-state index in [-0.39, 0.29) is 11.8 Å². The van der Waals surface area contributed by atoms with Crippen LogP contribution in [0.25, 0.3) is 0 Å². The SMILES string of the molecule is CCCCCC(=O)NCCCCCNC(C)=O. The van der Waals surface area contributed by atoms with Gasteiger partial charge in [0.05, 0.1) is 0 Å². The zero-order chi connectivity index (χ0) is 12.9. The first kappa shape index (κ1) is 15.9. The van der Waals surface area contributed by atoms with Crippen molar-refractivity contribution in [2.45, 2.75) is 58.8 Å². The van der Waals surface area contributed by atoms with Crippen molar-refractivity contribution in [2.75, 3.05) is 13.1 Å². The Morgan fingerprint density at radius 1 is 0.882 bits per heavy atom. The first-order valence-corrected chi connectivity index (χ1v) is 6.68. The maximum absolute atomic E-state index is 11.3. The van der Waals surface area contributed by atoms with Gasteiger partial charge in [-0.15, -0.1) is 0 Å². The van der Waals surface area contributed by atoms with Gasteiger partial charge in [-0.3, -0.25) is 9.59 Å². The third kappa shape index (κ3) is 12.9. The summed E-state index contributed by atoms with van der Waals surface area (Å²) in [5.41, 5.74) is 0. The van der Waals surface area contributed by atoms with Crippen LogP contribution in [0.4, 0.5) is 0 Å². The normalized spacial score (nSPS) is 10.0. The van der Waals surface area contributed by atoms with Gasteiger partial charge in [0.15, 0.2) is 0 Å². The fourth-order valence-corrected chi connectivity index (χ4v) is 1.54. The monoisotopic (exact) mass is 242 g/mol. The molecule has 2 N–H and O–H groups in total. The number of rotatable bonds is 10. The van der Waals surface area contributed by atoms with Crippen molar-refractivity contribution in [3.63, 3.8) is 0 Å². The lowest BCUT2D eigenvalue weighted by Gasteiger charge is -2.05. The summed E-state index contributed by atoms with van der Waals surface area (Å²) in [6, 6.07) is 0. The van der Waals surface area contributed by atoms with E-state index in [4.69, 9.17) is 0 Å². The lowest BCUT2D eigenvalue weighted by atomic mass is 10.2. The van der Waals surface area contributed by atoms with E-state index in [1.165, 1.54) is 6.92 Å². The van der Waals surface area contributed by atoms with Crippen molar-refractivity contribution in [3.8, 4) is 0 Å². The molecule has 0 fully saturated rings. The van der Waals surface area contributed by atoms with Gasteiger partial charge in [0.2, 0.25) is 11.8 Å². The standard InChI is InChI=1S/C13H26N2O2/c1-3-4-6-9-13(17)15-11-8-5-7-10-14-12(2)16/h3-11H2,1-2H3,(H,14,16)(H,15,17). The van der Waals surface area contributed by atoms with Gasteiger partial charge >= 0.3 is 0 Å². The number of carbonyl (C=O) groups excluding carboxylic acids is 2. The highest BCUT2D eigenvalue weighted by atomic mass is 16.2. The van der Waals surface area contributed by atoms with Gasteiger partial charge in [0.25, 0.3) is 0 Å². The Morgan fingerprint density at radius 3 is 2.12 bits per heavy atom. The fraction of sp³-hybridized carbons (Fsp3) is 0.846. The number of hydrogen-bond donors (Lipinski definition) is 2. The molecule has 0 radical (unpaired) electrons. The summed E-state index contributed by atoms with van der Waals surface area (Å²) < 4.78 is 0. The van der Waals surface area contributed by atoms with Gasteiger partial charge in [0.1, 0.15) is 0 Å². The first-order valence-electron chi connectivity index (χ1n) is 6.68. The van der Waals surface area contributed by atoms with Crippen molar-refractivity contribution in [3.05, 3.63) is 0 Å². The first-order chi connectivity index (χ1) is 8.16. The molecule has 0 saturated heterocycles. The predicted octanol–water partition coefficient (Wildman–Crippen LogP) is 1.99. The number of nitrogens with one attached hydrogen (secondary N) is 2. The summed E-state index contributed by atoms with van der Waals surface area (Å²) in [5, 5.41) is 5.67. The van der Waals surface area contributed by atoms with Crippen LogP contribution < -0.4 is 10.6 Å². The van der Waals surface area contributed by atoms with E-state index >= 15 is 0 Å². The second kappa shape index (κ2) is 11.4. The highest BCUT2D eigenvalue weighted by Crippen LogP contribution is 1.98. The molecule has 4 nitrogen and oxygen atoms in total. The topological polar surface area (TPSA) is 58.2 Å². The maximum atomic E-state index is 11.3. The lowest BCUT2D eigenvalue weighted by molar-refractivity contribution is -0.121. The van der Waals surface area contributed by atoms with Crippen LogP contribution in [0.1, 0.15) is 58.8 Å². The summed E-state index contributed by atoms with van der Waals surface area (Å²) in [7, 11) is 0. The molecule has 100 valence electrons. The Kier molecular flexibility index (Phi) is 10.7. The van der Waals surface area contributed by atoms with Gasteiger partial charge in [0, 0.05) is 26.4 Å². The molecule has 2 amide bonds. The van der Waals surface area contributed by atoms with Crippen LogP contribution in [0.5, 0.6) is 0 Å². The predicted molar refractivity (Wildman–Crippen MR) is 69.7 cm³/mol.